The topological polar surface area (TPSA) is 129 Å². The average Bonchev–Trinajstić information content (AvgIpc) is 2.84. The molecule has 0 unspecified atom stereocenters. The Morgan fingerprint density at radius 1 is 0.946 bits per heavy atom. The predicted octanol–water partition coefficient (Wildman–Crippen LogP) is 6.82. The summed E-state index contributed by atoms with van der Waals surface area (Å²) >= 11 is 0. The molecule has 0 spiro atoms. The summed E-state index contributed by atoms with van der Waals surface area (Å²) < 4.78 is 32.3. The lowest BCUT2D eigenvalue weighted by atomic mass is 10.0. The van der Waals surface area contributed by atoms with Gasteiger partial charge in [0.05, 0.1) is 16.3 Å². The number of nitrogen functional groups attached to an aromatic ring is 1. The Morgan fingerprint density at radius 2 is 1.62 bits per heavy atom. The van der Waals surface area contributed by atoms with Gasteiger partial charge in [-0.2, -0.15) is 13.5 Å². The minimum absolute atomic E-state index is 0.170. The fraction of sp³-hybridized carbons (Fsp3) is 0.214. The van der Waals surface area contributed by atoms with E-state index in [0.717, 1.165) is 31.1 Å². The lowest BCUT2D eigenvalue weighted by molar-refractivity contribution is 0.471. The van der Waals surface area contributed by atoms with Crippen molar-refractivity contribution in [3.05, 3.63) is 83.4 Å². The molecule has 9 heteroatoms. The lowest BCUT2D eigenvalue weighted by Gasteiger charge is -2.24. The summed E-state index contributed by atoms with van der Waals surface area (Å²) in [7, 11) is -4.48. The van der Waals surface area contributed by atoms with Crippen LogP contribution in [0.1, 0.15) is 30.0 Å². The van der Waals surface area contributed by atoms with E-state index in [0.29, 0.717) is 22.3 Å². The molecule has 0 aliphatic carbocycles. The zero-order valence-electron chi connectivity index (χ0n) is 21.0. The Balaban J connectivity index is 1.58. The van der Waals surface area contributed by atoms with Crippen molar-refractivity contribution in [2.75, 3.05) is 17.2 Å². The van der Waals surface area contributed by atoms with Gasteiger partial charge in [-0.3, -0.25) is 4.55 Å². The van der Waals surface area contributed by atoms with Gasteiger partial charge in [0.25, 0.3) is 10.1 Å². The van der Waals surface area contributed by atoms with Gasteiger partial charge in [-0.15, -0.1) is 5.11 Å². The highest BCUT2D eigenvalue weighted by Crippen LogP contribution is 2.41. The number of benzene rings is 4. The molecule has 4 aromatic rings. The van der Waals surface area contributed by atoms with Gasteiger partial charge < -0.3 is 15.7 Å². The number of rotatable bonds is 8. The van der Waals surface area contributed by atoms with Crippen molar-refractivity contribution in [1.29, 1.82) is 0 Å². The van der Waals surface area contributed by atoms with Gasteiger partial charge in [0.15, 0.2) is 0 Å². The van der Waals surface area contributed by atoms with Crippen molar-refractivity contribution in [3.8, 4) is 5.75 Å². The molecule has 4 N–H and O–H groups in total. The number of nitrogens with two attached hydrogens (primary N) is 1. The van der Waals surface area contributed by atoms with Crippen LogP contribution in [0, 0.1) is 13.8 Å². The zero-order chi connectivity index (χ0) is 26.7. The quantitative estimate of drug-likeness (QED) is 0.133. The van der Waals surface area contributed by atoms with E-state index in [1.807, 2.05) is 24.3 Å². The third-order valence-electron chi connectivity index (χ3n) is 6.16. The van der Waals surface area contributed by atoms with Crippen molar-refractivity contribution in [1.82, 2.24) is 0 Å². The van der Waals surface area contributed by atoms with Crippen molar-refractivity contribution in [2.45, 2.75) is 38.6 Å². The van der Waals surface area contributed by atoms with Crippen LogP contribution >= 0.6 is 0 Å². The summed E-state index contributed by atoms with van der Waals surface area (Å²) in [6.07, 6.45) is 1.04. The van der Waals surface area contributed by atoms with Crippen molar-refractivity contribution < 1.29 is 18.1 Å². The Morgan fingerprint density at radius 3 is 2.24 bits per heavy atom. The summed E-state index contributed by atoms with van der Waals surface area (Å²) in [5, 5.41) is 19.7. The smallest absolute Gasteiger partial charge is 0.294 e. The van der Waals surface area contributed by atoms with Gasteiger partial charge >= 0.3 is 0 Å². The highest BCUT2D eigenvalue weighted by molar-refractivity contribution is 7.85. The Bertz CT molecular complexity index is 1570. The number of phenolic OH excluding ortho intramolecular Hbond substituents is 1. The molecule has 0 aliphatic heterocycles. The number of nitrogens with zero attached hydrogens (tertiary/aromatic N) is 3. The predicted molar refractivity (Wildman–Crippen MR) is 148 cm³/mol. The van der Waals surface area contributed by atoms with E-state index < -0.39 is 15.0 Å². The number of aromatic hydroxyl groups is 1. The summed E-state index contributed by atoms with van der Waals surface area (Å²) in [4.78, 5) is 1.93. The Labute approximate surface area is 216 Å². The van der Waals surface area contributed by atoms with Gasteiger partial charge in [-0.05, 0) is 73.2 Å². The molecule has 0 saturated carbocycles. The van der Waals surface area contributed by atoms with E-state index in [-0.39, 0.29) is 16.8 Å². The number of hydrogen-bond acceptors (Lipinski definition) is 7. The SMILES string of the molecule is CCCN(Cc1ccc(N=Nc2c(C)cc3cc(S(=O)(=O)O)cc(O)c3c2N)cc1)c1ccc(C)cc1. The molecule has 0 heterocycles. The van der Waals surface area contributed by atoms with E-state index >= 15 is 0 Å². The molecule has 37 heavy (non-hydrogen) atoms. The second-order valence-electron chi connectivity index (χ2n) is 9.09. The van der Waals surface area contributed by atoms with Crippen LogP contribution in [0.2, 0.25) is 0 Å². The number of azo groups is 1. The van der Waals surface area contributed by atoms with Crippen LogP contribution in [-0.4, -0.2) is 24.6 Å². The van der Waals surface area contributed by atoms with Gasteiger partial charge in [-0.1, -0.05) is 36.8 Å². The van der Waals surface area contributed by atoms with Crippen LogP contribution < -0.4 is 10.6 Å². The summed E-state index contributed by atoms with van der Waals surface area (Å²) in [6, 6.07) is 20.2. The van der Waals surface area contributed by atoms with Crippen molar-refractivity contribution in [2.24, 2.45) is 10.2 Å². The monoisotopic (exact) mass is 518 g/mol. The number of phenols is 1. The third-order valence-corrected chi connectivity index (χ3v) is 6.99. The van der Waals surface area contributed by atoms with E-state index in [4.69, 9.17) is 5.73 Å². The van der Waals surface area contributed by atoms with Crippen LogP contribution in [0.15, 0.2) is 81.9 Å². The number of fused-ring (bicyclic) bond motifs is 1. The fourth-order valence-electron chi connectivity index (χ4n) is 4.26. The minimum atomic E-state index is -4.48. The maximum atomic E-state index is 11.5. The zero-order valence-corrected chi connectivity index (χ0v) is 21.8. The van der Waals surface area contributed by atoms with Gasteiger partial charge in [0, 0.05) is 30.2 Å². The Hall–Kier alpha value is -3.95. The molecular formula is C28H30N4O4S. The molecule has 0 saturated heterocycles. The van der Waals surface area contributed by atoms with Crippen LogP contribution in [0.3, 0.4) is 0 Å². The third kappa shape index (κ3) is 5.90. The molecule has 0 bridgehead atoms. The van der Waals surface area contributed by atoms with Crippen LogP contribution in [-0.2, 0) is 16.7 Å². The second-order valence-corrected chi connectivity index (χ2v) is 10.5. The van der Waals surface area contributed by atoms with E-state index in [1.165, 1.54) is 17.3 Å². The number of aryl methyl sites for hydroxylation is 2. The first-order chi connectivity index (χ1) is 17.6. The standard InChI is InChI=1S/C28H30N4O4S/c1-4-13-32(23-11-5-18(2)6-12-23)17-20-7-9-22(10-8-20)30-31-28-19(3)14-21-15-24(37(34,35)36)16-25(33)26(21)27(28)29/h5-12,14-16,33H,4,13,17,29H2,1-3H3,(H,34,35,36). The molecule has 0 fully saturated rings. The van der Waals surface area contributed by atoms with E-state index in [1.54, 1.807) is 13.0 Å². The molecule has 0 aromatic heterocycles. The first-order valence-electron chi connectivity index (χ1n) is 11.9. The summed E-state index contributed by atoms with van der Waals surface area (Å²) in [5.74, 6) is -0.367. The van der Waals surface area contributed by atoms with Crippen LogP contribution in [0.5, 0.6) is 5.75 Å². The Kier molecular flexibility index (Phi) is 7.47. The molecular weight excluding hydrogens is 488 g/mol. The van der Waals surface area contributed by atoms with Gasteiger partial charge in [-0.25, -0.2) is 0 Å². The molecule has 4 rings (SSSR count). The van der Waals surface area contributed by atoms with Crippen LogP contribution in [0.4, 0.5) is 22.7 Å². The highest BCUT2D eigenvalue weighted by atomic mass is 32.2. The molecule has 0 atom stereocenters. The largest absolute Gasteiger partial charge is 0.507 e. The molecule has 0 aliphatic rings. The highest BCUT2D eigenvalue weighted by Gasteiger charge is 2.18. The van der Waals surface area contributed by atoms with Crippen molar-refractivity contribution >= 4 is 43.6 Å². The molecule has 8 nitrogen and oxygen atoms in total. The molecule has 0 amide bonds. The van der Waals surface area contributed by atoms with Crippen LogP contribution in [0.25, 0.3) is 10.8 Å². The fourth-order valence-corrected chi connectivity index (χ4v) is 4.80. The second kappa shape index (κ2) is 10.6. The van der Waals surface area contributed by atoms with E-state index in [9.17, 15) is 18.1 Å². The number of anilines is 2. The maximum Gasteiger partial charge on any atom is 0.294 e. The normalized spacial score (nSPS) is 11.9. The summed E-state index contributed by atoms with van der Waals surface area (Å²) in [6.45, 7) is 7.73. The molecule has 0 radical (unpaired) electrons. The van der Waals surface area contributed by atoms with Crippen molar-refractivity contribution in [3.63, 3.8) is 0 Å². The average molecular weight is 519 g/mol. The molecule has 4 aromatic carbocycles. The maximum absolute atomic E-state index is 11.5. The van der Waals surface area contributed by atoms with E-state index in [2.05, 4.69) is 53.2 Å². The molecule has 192 valence electrons. The van der Waals surface area contributed by atoms with Gasteiger partial charge in [0.1, 0.15) is 11.4 Å². The van der Waals surface area contributed by atoms with Gasteiger partial charge in [0.2, 0.25) is 0 Å². The lowest BCUT2D eigenvalue weighted by Crippen LogP contribution is -2.23. The first-order valence-corrected chi connectivity index (χ1v) is 13.4. The number of hydrogen-bond donors (Lipinski definition) is 3. The first kappa shape index (κ1) is 26.1. The summed E-state index contributed by atoms with van der Waals surface area (Å²) in [5.41, 5.74) is 11.7. The minimum Gasteiger partial charge on any atom is -0.507 e.